The smallest absolute Gasteiger partial charge is 0.328 e. The summed E-state index contributed by atoms with van der Waals surface area (Å²) in [4.78, 5) is 22.4. The first kappa shape index (κ1) is 12.9. The minimum Gasteiger partial charge on any atom is -0.467 e. The van der Waals surface area contributed by atoms with Gasteiger partial charge in [0.1, 0.15) is 6.04 Å². The van der Waals surface area contributed by atoms with Crippen LogP contribution in [0.4, 0.5) is 0 Å². The average molecular weight is 202 g/mol. The van der Waals surface area contributed by atoms with Crippen molar-refractivity contribution in [3.63, 3.8) is 0 Å². The van der Waals surface area contributed by atoms with E-state index in [0.717, 1.165) is 0 Å². The summed E-state index contributed by atoms with van der Waals surface area (Å²) in [5.41, 5.74) is 5.39. The summed E-state index contributed by atoms with van der Waals surface area (Å²) in [6.07, 6.45) is 0.663. The highest BCUT2D eigenvalue weighted by atomic mass is 16.5. The second kappa shape index (κ2) is 6.37. The fraction of sp³-hybridized carbons (Fsp3) is 0.778. The van der Waals surface area contributed by atoms with Gasteiger partial charge in [-0.05, 0) is 13.3 Å². The fourth-order valence-corrected chi connectivity index (χ4v) is 1.03. The maximum absolute atomic E-state index is 11.4. The molecule has 82 valence electrons. The quantitative estimate of drug-likeness (QED) is 0.597. The van der Waals surface area contributed by atoms with Crippen molar-refractivity contribution < 1.29 is 14.3 Å². The predicted molar refractivity (Wildman–Crippen MR) is 52.5 cm³/mol. The minimum atomic E-state index is -0.618. The number of amides is 1. The molecule has 0 spiro atoms. The molecule has 3 N–H and O–H groups in total. The molecule has 5 nitrogen and oxygen atoms in total. The second-order valence-corrected chi connectivity index (χ2v) is 3.09. The summed E-state index contributed by atoms with van der Waals surface area (Å²) in [6.45, 7) is 3.74. The van der Waals surface area contributed by atoms with Crippen molar-refractivity contribution in [2.75, 3.05) is 13.7 Å². The van der Waals surface area contributed by atoms with Gasteiger partial charge >= 0.3 is 5.97 Å². The molecular formula is C9H18N2O3. The number of ether oxygens (including phenoxy) is 1. The lowest BCUT2D eigenvalue weighted by atomic mass is 10.1. The number of hydrogen-bond acceptors (Lipinski definition) is 4. The van der Waals surface area contributed by atoms with E-state index >= 15 is 0 Å². The molecule has 0 bridgehead atoms. The largest absolute Gasteiger partial charge is 0.467 e. The molecule has 0 saturated carbocycles. The molecule has 0 aromatic heterocycles. The summed E-state index contributed by atoms with van der Waals surface area (Å²) >= 11 is 0. The Kier molecular flexibility index (Phi) is 5.87. The Labute approximate surface area is 84.0 Å². The third kappa shape index (κ3) is 3.74. The van der Waals surface area contributed by atoms with Crippen LogP contribution >= 0.6 is 0 Å². The molecule has 0 radical (unpaired) electrons. The number of esters is 1. The van der Waals surface area contributed by atoms with Crippen molar-refractivity contribution in [2.45, 2.75) is 26.3 Å². The van der Waals surface area contributed by atoms with Gasteiger partial charge in [0.05, 0.1) is 7.11 Å². The molecule has 0 aliphatic heterocycles. The summed E-state index contributed by atoms with van der Waals surface area (Å²) in [6, 6.07) is -0.618. The van der Waals surface area contributed by atoms with Gasteiger partial charge in [-0.2, -0.15) is 0 Å². The van der Waals surface area contributed by atoms with Crippen molar-refractivity contribution in [3.05, 3.63) is 0 Å². The molecule has 0 fully saturated rings. The molecule has 0 aromatic rings. The van der Waals surface area contributed by atoms with Crippen molar-refractivity contribution >= 4 is 11.9 Å². The van der Waals surface area contributed by atoms with Crippen LogP contribution in [-0.2, 0) is 14.3 Å². The number of nitrogens with two attached hydrogens (primary N) is 1. The van der Waals surface area contributed by atoms with Gasteiger partial charge in [0, 0.05) is 12.5 Å². The van der Waals surface area contributed by atoms with Crippen LogP contribution in [0.2, 0.25) is 0 Å². The first-order valence-electron chi connectivity index (χ1n) is 4.65. The van der Waals surface area contributed by atoms with E-state index in [9.17, 15) is 9.59 Å². The zero-order chi connectivity index (χ0) is 11.1. The maximum Gasteiger partial charge on any atom is 0.328 e. The monoisotopic (exact) mass is 202 g/mol. The highest BCUT2D eigenvalue weighted by molar-refractivity contribution is 5.85. The zero-order valence-corrected chi connectivity index (χ0v) is 8.87. The van der Waals surface area contributed by atoms with Gasteiger partial charge in [0.2, 0.25) is 5.91 Å². The highest BCUT2D eigenvalue weighted by Crippen LogP contribution is 2.00. The Morgan fingerprint density at radius 2 is 2.07 bits per heavy atom. The topological polar surface area (TPSA) is 81.4 Å². The Morgan fingerprint density at radius 3 is 2.43 bits per heavy atom. The van der Waals surface area contributed by atoms with Gasteiger partial charge in [-0.25, -0.2) is 4.79 Å². The molecule has 1 unspecified atom stereocenters. The third-order valence-electron chi connectivity index (χ3n) is 2.06. The van der Waals surface area contributed by atoms with Crippen LogP contribution in [0.15, 0.2) is 0 Å². The van der Waals surface area contributed by atoms with E-state index in [4.69, 9.17) is 5.73 Å². The number of methoxy groups -OCH3 is 1. The molecule has 5 heteroatoms. The van der Waals surface area contributed by atoms with E-state index in [0.29, 0.717) is 6.42 Å². The summed E-state index contributed by atoms with van der Waals surface area (Å²) in [5.74, 6) is -0.889. The van der Waals surface area contributed by atoms with E-state index in [1.54, 1.807) is 6.92 Å². The third-order valence-corrected chi connectivity index (χ3v) is 2.06. The van der Waals surface area contributed by atoms with Crippen LogP contribution in [-0.4, -0.2) is 31.6 Å². The van der Waals surface area contributed by atoms with Gasteiger partial charge < -0.3 is 15.8 Å². The maximum atomic E-state index is 11.4. The van der Waals surface area contributed by atoms with Gasteiger partial charge in [-0.15, -0.1) is 0 Å². The van der Waals surface area contributed by atoms with Crippen LogP contribution in [0.5, 0.6) is 0 Å². The van der Waals surface area contributed by atoms with Crippen molar-refractivity contribution in [2.24, 2.45) is 11.7 Å². The molecule has 14 heavy (non-hydrogen) atoms. The zero-order valence-electron chi connectivity index (χ0n) is 8.87. The lowest BCUT2D eigenvalue weighted by Crippen LogP contribution is -2.43. The number of hydrogen-bond donors (Lipinski definition) is 2. The Balaban J connectivity index is 4.10. The average Bonchev–Trinajstić information content (AvgIpc) is 2.18. The van der Waals surface area contributed by atoms with E-state index in [1.807, 2.05) is 6.92 Å². The normalized spacial score (nSPS) is 14.3. The van der Waals surface area contributed by atoms with Gasteiger partial charge in [0.15, 0.2) is 0 Å². The molecule has 0 rings (SSSR count). The standard InChI is InChI=1S/C9H18N2O3/c1-4-7(5-10)8(12)11-6(2)9(13)14-3/h6-7H,4-5,10H2,1-3H3,(H,11,12)/t6-,7?/m0/s1. The van der Waals surface area contributed by atoms with Crippen LogP contribution in [0.25, 0.3) is 0 Å². The predicted octanol–water partition coefficient (Wildman–Crippen LogP) is -0.351. The second-order valence-electron chi connectivity index (χ2n) is 3.09. The Morgan fingerprint density at radius 1 is 1.50 bits per heavy atom. The number of carbonyl (C=O) groups excluding carboxylic acids is 2. The van der Waals surface area contributed by atoms with Crippen LogP contribution in [0.3, 0.4) is 0 Å². The van der Waals surface area contributed by atoms with Crippen molar-refractivity contribution in [1.82, 2.24) is 5.32 Å². The summed E-state index contributed by atoms with van der Waals surface area (Å²) in [5, 5.41) is 2.54. The van der Waals surface area contributed by atoms with E-state index in [1.165, 1.54) is 7.11 Å². The number of nitrogens with one attached hydrogen (secondary N) is 1. The SMILES string of the molecule is CCC(CN)C(=O)N[C@@H](C)C(=O)OC. The van der Waals surface area contributed by atoms with E-state index in [-0.39, 0.29) is 18.4 Å². The lowest BCUT2D eigenvalue weighted by molar-refractivity contribution is -0.145. The highest BCUT2D eigenvalue weighted by Gasteiger charge is 2.20. The van der Waals surface area contributed by atoms with Crippen molar-refractivity contribution in [1.29, 1.82) is 0 Å². The molecule has 0 aliphatic carbocycles. The van der Waals surface area contributed by atoms with E-state index < -0.39 is 12.0 Å². The van der Waals surface area contributed by atoms with Crippen LogP contribution in [0.1, 0.15) is 20.3 Å². The van der Waals surface area contributed by atoms with Crippen LogP contribution < -0.4 is 11.1 Å². The summed E-state index contributed by atoms with van der Waals surface area (Å²) < 4.78 is 4.47. The number of carbonyl (C=O) groups is 2. The fourth-order valence-electron chi connectivity index (χ4n) is 1.03. The first-order valence-corrected chi connectivity index (χ1v) is 4.65. The Hall–Kier alpha value is -1.10. The lowest BCUT2D eigenvalue weighted by Gasteiger charge is -2.16. The Bertz CT molecular complexity index is 202. The molecule has 2 atom stereocenters. The molecular weight excluding hydrogens is 184 g/mol. The first-order chi connectivity index (χ1) is 6.56. The molecule has 0 aromatic carbocycles. The summed E-state index contributed by atoms with van der Waals surface area (Å²) in [7, 11) is 1.28. The minimum absolute atomic E-state index is 0.201. The van der Waals surface area contributed by atoms with Gasteiger partial charge in [-0.3, -0.25) is 4.79 Å². The molecule has 0 heterocycles. The molecule has 0 aliphatic rings. The van der Waals surface area contributed by atoms with Gasteiger partial charge in [-0.1, -0.05) is 6.92 Å². The molecule has 0 saturated heterocycles. The van der Waals surface area contributed by atoms with Crippen molar-refractivity contribution in [3.8, 4) is 0 Å². The molecule has 1 amide bonds. The van der Waals surface area contributed by atoms with Gasteiger partial charge in [0.25, 0.3) is 0 Å². The van der Waals surface area contributed by atoms with E-state index in [2.05, 4.69) is 10.1 Å². The number of rotatable bonds is 5. The van der Waals surface area contributed by atoms with Crippen LogP contribution in [0, 0.1) is 5.92 Å².